The SMILES string of the molecule is Cc1cc(F)cc(C(O)C(CN)CC(C)C)c1. The third kappa shape index (κ3) is 4.10. The van der Waals surface area contributed by atoms with Crippen LogP contribution in [0.2, 0.25) is 0 Å². The molecule has 1 rings (SSSR count). The average molecular weight is 239 g/mol. The minimum absolute atomic E-state index is 0.0174. The largest absolute Gasteiger partial charge is 0.388 e. The van der Waals surface area contributed by atoms with Crippen LogP contribution in [0.4, 0.5) is 4.39 Å². The monoisotopic (exact) mass is 239 g/mol. The quantitative estimate of drug-likeness (QED) is 0.830. The number of nitrogens with two attached hydrogens (primary N) is 1. The van der Waals surface area contributed by atoms with Crippen molar-refractivity contribution in [3.8, 4) is 0 Å². The lowest BCUT2D eigenvalue weighted by molar-refractivity contribution is 0.0991. The zero-order valence-electron chi connectivity index (χ0n) is 10.8. The van der Waals surface area contributed by atoms with E-state index in [2.05, 4.69) is 13.8 Å². The lowest BCUT2D eigenvalue weighted by atomic mass is 9.88. The van der Waals surface area contributed by atoms with Gasteiger partial charge in [0.25, 0.3) is 0 Å². The Labute approximate surface area is 103 Å². The minimum Gasteiger partial charge on any atom is -0.388 e. The van der Waals surface area contributed by atoms with Gasteiger partial charge in [0.1, 0.15) is 5.82 Å². The van der Waals surface area contributed by atoms with Gasteiger partial charge in [-0.05, 0) is 49.1 Å². The molecule has 0 aliphatic rings. The molecule has 0 fully saturated rings. The first-order valence-corrected chi connectivity index (χ1v) is 6.09. The second-order valence-electron chi connectivity index (χ2n) is 5.13. The maximum absolute atomic E-state index is 13.3. The number of halogens is 1. The van der Waals surface area contributed by atoms with E-state index in [-0.39, 0.29) is 11.7 Å². The summed E-state index contributed by atoms with van der Waals surface area (Å²) in [5.41, 5.74) is 7.12. The van der Waals surface area contributed by atoms with Gasteiger partial charge in [0.05, 0.1) is 6.10 Å². The van der Waals surface area contributed by atoms with Gasteiger partial charge in [0.2, 0.25) is 0 Å². The lowest BCUT2D eigenvalue weighted by Crippen LogP contribution is -2.23. The molecule has 96 valence electrons. The zero-order valence-corrected chi connectivity index (χ0v) is 10.8. The summed E-state index contributed by atoms with van der Waals surface area (Å²) >= 11 is 0. The van der Waals surface area contributed by atoms with Crippen LogP contribution < -0.4 is 5.73 Å². The number of hydrogen-bond acceptors (Lipinski definition) is 2. The number of benzene rings is 1. The van der Waals surface area contributed by atoms with Crippen molar-refractivity contribution in [3.05, 3.63) is 35.1 Å². The molecule has 17 heavy (non-hydrogen) atoms. The molecule has 2 atom stereocenters. The molecule has 0 spiro atoms. The summed E-state index contributed by atoms with van der Waals surface area (Å²) in [6.07, 6.45) is 0.157. The summed E-state index contributed by atoms with van der Waals surface area (Å²) in [6, 6.07) is 4.66. The van der Waals surface area contributed by atoms with Crippen LogP contribution in [0.1, 0.15) is 37.5 Å². The predicted molar refractivity (Wildman–Crippen MR) is 68.1 cm³/mol. The molecule has 0 heterocycles. The molecule has 3 heteroatoms. The van der Waals surface area contributed by atoms with Crippen molar-refractivity contribution in [2.24, 2.45) is 17.6 Å². The van der Waals surface area contributed by atoms with Crippen LogP contribution >= 0.6 is 0 Å². The molecule has 0 saturated carbocycles. The standard InChI is InChI=1S/C14H22FNO/c1-9(2)4-12(8-16)14(17)11-5-10(3)6-13(15)7-11/h5-7,9,12,14,17H,4,8,16H2,1-3H3. The first-order chi connectivity index (χ1) is 7.93. The van der Waals surface area contributed by atoms with E-state index >= 15 is 0 Å². The summed E-state index contributed by atoms with van der Waals surface area (Å²) in [6.45, 7) is 6.41. The third-order valence-electron chi connectivity index (χ3n) is 2.93. The van der Waals surface area contributed by atoms with Crippen molar-refractivity contribution in [1.82, 2.24) is 0 Å². The fourth-order valence-corrected chi connectivity index (χ4v) is 2.17. The van der Waals surface area contributed by atoms with Gasteiger partial charge in [-0.15, -0.1) is 0 Å². The van der Waals surface area contributed by atoms with Crippen LogP contribution in [0.25, 0.3) is 0 Å². The van der Waals surface area contributed by atoms with Crippen LogP contribution in [0, 0.1) is 24.6 Å². The number of aliphatic hydroxyl groups excluding tert-OH is 1. The molecule has 1 aromatic carbocycles. The Kier molecular flexibility index (Phi) is 5.09. The second kappa shape index (κ2) is 6.12. The van der Waals surface area contributed by atoms with E-state index in [0.717, 1.165) is 12.0 Å². The zero-order chi connectivity index (χ0) is 13.0. The Bertz CT molecular complexity index is 345. The van der Waals surface area contributed by atoms with E-state index in [1.54, 1.807) is 0 Å². The van der Waals surface area contributed by atoms with Crippen molar-refractivity contribution < 1.29 is 9.50 Å². The molecule has 0 radical (unpaired) electrons. The highest BCUT2D eigenvalue weighted by Gasteiger charge is 2.21. The Hall–Kier alpha value is -0.930. The van der Waals surface area contributed by atoms with Crippen LogP contribution in [0.15, 0.2) is 18.2 Å². The molecule has 0 amide bonds. The Morgan fingerprint density at radius 1 is 1.29 bits per heavy atom. The molecule has 1 aromatic rings. The van der Waals surface area contributed by atoms with Crippen LogP contribution in [-0.4, -0.2) is 11.7 Å². The van der Waals surface area contributed by atoms with Crippen LogP contribution in [0.5, 0.6) is 0 Å². The molecule has 2 unspecified atom stereocenters. The van der Waals surface area contributed by atoms with Gasteiger partial charge < -0.3 is 10.8 Å². The van der Waals surface area contributed by atoms with Gasteiger partial charge in [0, 0.05) is 5.92 Å². The number of hydrogen-bond donors (Lipinski definition) is 2. The van der Waals surface area contributed by atoms with Gasteiger partial charge in [-0.3, -0.25) is 0 Å². The Morgan fingerprint density at radius 2 is 1.94 bits per heavy atom. The van der Waals surface area contributed by atoms with Crippen LogP contribution in [0.3, 0.4) is 0 Å². The molecule has 2 nitrogen and oxygen atoms in total. The first-order valence-electron chi connectivity index (χ1n) is 6.09. The highest BCUT2D eigenvalue weighted by Crippen LogP contribution is 2.27. The minimum atomic E-state index is -0.684. The molecule has 0 aliphatic carbocycles. The summed E-state index contributed by atoms with van der Waals surface area (Å²) in [5, 5.41) is 10.2. The molecule has 0 bridgehead atoms. The van der Waals surface area contributed by atoms with Gasteiger partial charge >= 0.3 is 0 Å². The summed E-state index contributed by atoms with van der Waals surface area (Å²) in [7, 11) is 0. The third-order valence-corrected chi connectivity index (χ3v) is 2.93. The Morgan fingerprint density at radius 3 is 2.41 bits per heavy atom. The summed E-state index contributed by atoms with van der Waals surface area (Å²) in [4.78, 5) is 0. The molecule has 3 N–H and O–H groups in total. The van der Waals surface area contributed by atoms with E-state index in [1.165, 1.54) is 12.1 Å². The maximum Gasteiger partial charge on any atom is 0.123 e. The highest BCUT2D eigenvalue weighted by atomic mass is 19.1. The molecular formula is C14H22FNO. The van der Waals surface area contributed by atoms with Crippen molar-refractivity contribution in [2.45, 2.75) is 33.3 Å². The van der Waals surface area contributed by atoms with Gasteiger partial charge in [-0.1, -0.05) is 19.9 Å². The number of rotatable bonds is 5. The van der Waals surface area contributed by atoms with Crippen molar-refractivity contribution in [1.29, 1.82) is 0 Å². The van der Waals surface area contributed by atoms with E-state index < -0.39 is 6.10 Å². The van der Waals surface area contributed by atoms with E-state index in [0.29, 0.717) is 18.0 Å². The lowest BCUT2D eigenvalue weighted by Gasteiger charge is -2.23. The van der Waals surface area contributed by atoms with Crippen LogP contribution in [-0.2, 0) is 0 Å². The van der Waals surface area contributed by atoms with Crippen molar-refractivity contribution in [3.63, 3.8) is 0 Å². The summed E-state index contributed by atoms with van der Waals surface area (Å²) in [5.74, 6) is 0.142. The fourth-order valence-electron chi connectivity index (χ4n) is 2.17. The first kappa shape index (κ1) is 14.1. The van der Waals surface area contributed by atoms with Gasteiger partial charge in [-0.2, -0.15) is 0 Å². The van der Waals surface area contributed by atoms with Gasteiger partial charge in [-0.25, -0.2) is 4.39 Å². The molecule has 0 aromatic heterocycles. The normalized spacial score (nSPS) is 15.0. The van der Waals surface area contributed by atoms with E-state index in [1.807, 2.05) is 13.0 Å². The van der Waals surface area contributed by atoms with Crippen molar-refractivity contribution in [2.75, 3.05) is 6.54 Å². The Balaban J connectivity index is 2.89. The number of aliphatic hydroxyl groups is 1. The predicted octanol–water partition coefficient (Wildman–Crippen LogP) is 2.79. The molecule has 0 aliphatic heterocycles. The maximum atomic E-state index is 13.3. The fraction of sp³-hybridized carbons (Fsp3) is 0.571. The van der Waals surface area contributed by atoms with Gasteiger partial charge in [0.15, 0.2) is 0 Å². The topological polar surface area (TPSA) is 46.2 Å². The van der Waals surface area contributed by atoms with E-state index in [9.17, 15) is 9.50 Å². The molecule has 0 saturated heterocycles. The van der Waals surface area contributed by atoms with E-state index in [4.69, 9.17) is 5.73 Å². The average Bonchev–Trinajstić information content (AvgIpc) is 2.23. The smallest absolute Gasteiger partial charge is 0.123 e. The highest BCUT2D eigenvalue weighted by molar-refractivity contribution is 5.25. The second-order valence-corrected chi connectivity index (χ2v) is 5.13. The van der Waals surface area contributed by atoms with Crippen molar-refractivity contribution >= 4 is 0 Å². The number of aryl methyl sites for hydroxylation is 1. The summed E-state index contributed by atoms with van der Waals surface area (Å²) < 4.78 is 13.3. The molecular weight excluding hydrogens is 217 g/mol.